The van der Waals surface area contributed by atoms with Crippen LogP contribution in [0.1, 0.15) is 40.0 Å². The number of guanidine groups is 1. The van der Waals surface area contributed by atoms with Crippen LogP contribution in [-0.4, -0.2) is 62.5 Å². The molecule has 0 aromatic rings. The molecule has 2 unspecified atom stereocenters. The Labute approximate surface area is 136 Å². The van der Waals surface area contributed by atoms with Crippen molar-refractivity contribution in [1.29, 1.82) is 0 Å². The van der Waals surface area contributed by atoms with Crippen molar-refractivity contribution in [1.82, 2.24) is 10.2 Å². The fraction of sp³-hybridized carbons (Fsp3) is 0.941. The van der Waals surface area contributed by atoms with Crippen molar-refractivity contribution in [2.24, 2.45) is 22.7 Å². The van der Waals surface area contributed by atoms with Gasteiger partial charge in [-0.05, 0) is 38.0 Å². The molecular formula is C17H35N3O2. The van der Waals surface area contributed by atoms with Crippen molar-refractivity contribution in [2.45, 2.75) is 40.0 Å². The number of aliphatic hydroxyl groups excluding tert-OH is 1. The number of likely N-dealkylation sites (tertiary alicyclic amines) is 1. The molecule has 1 rings (SSSR count). The molecule has 0 radical (unpaired) electrons. The number of aliphatic hydroxyl groups is 1. The first kappa shape index (κ1) is 19.2. The fourth-order valence-corrected chi connectivity index (χ4v) is 3.17. The Morgan fingerprint density at radius 3 is 2.82 bits per heavy atom. The SMILES string of the molecule is CCNC(=NCC(CCO)CC(C)C)N1CCC(COC)C1. The van der Waals surface area contributed by atoms with Gasteiger partial charge in [-0.2, -0.15) is 0 Å². The Bertz CT molecular complexity index is 321. The van der Waals surface area contributed by atoms with Gasteiger partial charge in [0.15, 0.2) is 5.96 Å². The monoisotopic (exact) mass is 313 g/mol. The number of ether oxygens (including phenoxy) is 1. The van der Waals surface area contributed by atoms with E-state index < -0.39 is 0 Å². The highest BCUT2D eigenvalue weighted by atomic mass is 16.5. The molecule has 0 spiro atoms. The van der Waals surface area contributed by atoms with Crippen molar-refractivity contribution in [2.75, 3.05) is 46.5 Å². The molecule has 0 aromatic heterocycles. The fourth-order valence-electron chi connectivity index (χ4n) is 3.17. The molecule has 1 saturated heterocycles. The number of rotatable bonds is 9. The van der Waals surface area contributed by atoms with Crippen LogP contribution in [-0.2, 0) is 4.74 Å². The second kappa shape index (κ2) is 10.8. The predicted octanol–water partition coefficient (Wildman–Crippen LogP) is 1.96. The maximum atomic E-state index is 9.24. The second-order valence-corrected chi connectivity index (χ2v) is 6.76. The lowest BCUT2D eigenvalue weighted by molar-refractivity contribution is 0.157. The van der Waals surface area contributed by atoms with E-state index >= 15 is 0 Å². The molecule has 22 heavy (non-hydrogen) atoms. The van der Waals surface area contributed by atoms with E-state index in [1.807, 2.05) is 0 Å². The molecule has 2 N–H and O–H groups in total. The first-order chi connectivity index (χ1) is 10.6. The molecule has 1 aliphatic rings. The van der Waals surface area contributed by atoms with Crippen LogP contribution in [0.2, 0.25) is 0 Å². The molecule has 0 saturated carbocycles. The molecule has 2 atom stereocenters. The largest absolute Gasteiger partial charge is 0.396 e. The van der Waals surface area contributed by atoms with E-state index in [0.717, 1.165) is 51.6 Å². The van der Waals surface area contributed by atoms with Crippen LogP contribution in [0.15, 0.2) is 4.99 Å². The summed E-state index contributed by atoms with van der Waals surface area (Å²) in [6, 6.07) is 0. The molecule has 0 aliphatic carbocycles. The molecular weight excluding hydrogens is 278 g/mol. The molecule has 5 heteroatoms. The number of methoxy groups -OCH3 is 1. The minimum Gasteiger partial charge on any atom is -0.396 e. The van der Waals surface area contributed by atoms with Crippen LogP contribution in [0.4, 0.5) is 0 Å². The quantitative estimate of drug-likeness (QED) is 0.505. The zero-order valence-corrected chi connectivity index (χ0v) is 14.8. The Morgan fingerprint density at radius 1 is 1.45 bits per heavy atom. The first-order valence-electron chi connectivity index (χ1n) is 8.73. The second-order valence-electron chi connectivity index (χ2n) is 6.76. The minimum absolute atomic E-state index is 0.253. The zero-order valence-electron chi connectivity index (χ0n) is 14.8. The Balaban J connectivity index is 2.60. The summed E-state index contributed by atoms with van der Waals surface area (Å²) in [6.07, 6.45) is 3.13. The van der Waals surface area contributed by atoms with Crippen LogP contribution in [0, 0.1) is 17.8 Å². The number of nitrogens with zero attached hydrogens (tertiary/aromatic N) is 2. The molecule has 1 fully saturated rings. The maximum Gasteiger partial charge on any atom is 0.193 e. The number of hydrogen-bond donors (Lipinski definition) is 2. The molecule has 1 heterocycles. The summed E-state index contributed by atoms with van der Waals surface area (Å²) in [5, 5.41) is 12.6. The van der Waals surface area contributed by atoms with Gasteiger partial charge in [0.1, 0.15) is 0 Å². The van der Waals surface area contributed by atoms with Crippen molar-refractivity contribution in [3.05, 3.63) is 0 Å². The highest BCUT2D eigenvalue weighted by Crippen LogP contribution is 2.18. The molecule has 1 aliphatic heterocycles. The van der Waals surface area contributed by atoms with E-state index in [2.05, 4.69) is 31.0 Å². The van der Waals surface area contributed by atoms with Crippen LogP contribution in [0.3, 0.4) is 0 Å². The minimum atomic E-state index is 0.253. The maximum absolute atomic E-state index is 9.24. The van der Waals surface area contributed by atoms with Crippen LogP contribution >= 0.6 is 0 Å². The van der Waals surface area contributed by atoms with Crippen molar-refractivity contribution < 1.29 is 9.84 Å². The topological polar surface area (TPSA) is 57.1 Å². The predicted molar refractivity (Wildman–Crippen MR) is 92.2 cm³/mol. The summed E-state index contributed by atoms with van der Waals surface area (Å²) < 4.78 is 5.27. The Hall–Kier alpha value is -0.810. The average Bonchev–Trinajstić information content (AvgIpc) is 2.92. The van der Waals surface area contributed by atoms with Crippen LogP contribution in [0.25, 0.3) is 0 Å². The standard InChI is InChI=1S/C17H35N3O2/c1-5-18-17(20-8-6-16(12-20)13-22-4)19-11-15(7-9-21)10-14(2)3/h14-16,21H,5-13H2,1-4H3,(H,18,19). The lowest BCUT2D eigenvalue weighted by Gasteiger charge is -2.23. The van der Waals surface area contributed by atoms with Crippen molar-refractivity contribution in [3.8, 4) is 0 Å². The summed E-state index contributed by atoms with van der Waals surface area (Å²) in [7, 11) is 1.77. The number of hydrogen-bond acceptors (Lipinski definition) is 3. The number of nitrogens with one attached hydrogen (secondary N) is 1. The van der Waals surface area contributed by atoms with Gasteiger partial charge in [0, 0.05) is 45.8 Å². The molecule has 5 nitrogen and oxygen atoms in total. The highest BCUT2D eigenvalue weighted by Gasteiger charge is 2.24. The first-order valence-corrected chi connectivity index (χ1v) is 8.73. The van der Waals surface area contributed by atoms with Crippen molar-refractivity contribution in [3.63, 3.8) is 0 Å². The summed E-state index contributed by atoms with van der Waals surface area (Å²) in [6.45, 7) is 11.4. The third-order valence-electron chi connectivity index (χ3n) is 4.16. The summed E-state index contributed by atoms with van der Waals surface area (Å²) in [5.41, 5.74) is 0. The summed E-state index contributed by atoms with van der Waals surface area (Å²) >= 11 is 0. The third kappa shape index (κ3) is 6.97. The third-order valence-corrected chi connectivity index (χ3v) is 4.16. The van der Waals surface area contributed by atoms with Gasteiger partial charge in [-0.15, -0.1) is 0 Å². The normalized spacial score (nSPS) is 20.7. The van der Waals surface area contributed by atoms with Gasteiger partial charge in [0.2, 0.25) is 0 Å². The van der Waals surface area contributed by atoms with Crippen LogP contribution < -0.4 is 5.32 Å². The van der Waals surface area contributed by atoms with Gasteiger partial charge < -0.3 is 20.1 Å². The lowest BCUT2D eigenvalue weighted by atomic mass is 9.94. The summed E-state index contributed by atoms with van der Waals surface area (Å²) in [5.74, 6) is 2.74. The molecule has 0 aromatic carbocycles. The van der Waals surface area contributed by atoms with Crippen molar-refractivity contribution >= 4 is 5.96 Å². The number of aliphatic imine (C=N–C) groups is 1. The highest BCUT2D eigenvalue weighted by molar-refractivity contribution is 5.80. The zero-order chi connectivity index (χ0) is 16.4. The van der Waals surface area contributed by atoms with Crippen LogP contribution in [0.5, 0.6) is 0 Å². The van der Waals surface area contributed by atoms with Gasteiger partial charge >= 0.3 is 0 Å². The van der Waals surface area contributed by atoms with E-state index in [4.69, 9.17) is 9.73 Å². The van der Waals surface area contributed by atoms with Gasteiger partial charge in [-0.1, -0.05) is 13.8 Å². The smallest absolute Gasteiger partial charge is 0.193 e. The lowest BCUT2D eigenvalue weighted by Crippen LogP contribution is -2.40. The van der Waals surface area contributed by atoms with Gasteiger partial charge in [-0.25, -0.2) is 0 Å². The van der Waals surface area contributed by atoms with E-state index in [0.29, 0.717) is 17.8 Å². The molecule has 0 bridgehead atoms. The summed E-state index contributed by atoms with van der Waals surface area (Å²) in [4.78, 5) is 7.19. The average molecular weight is 313 g/mol. The van der Waals surface area contributed by atoms with Gasteiger partial charge in [0.05, 0.1) is 6.61 Å². The van der Waals surface area contributed by atoms with E-state index in [9.17, 15) is 5.11 Å². The van der Waals surface area contributed by atoms with Gasteiger partial charge in [-0.3, -0.25) is 4.99 Å². The van der Waals surface area contributed by atoms with E-state index in [1.54, 1.807) is 7.11 Å². The Morgan fingerprint density at radius 2 is 2.23 bits per heavy atom. The molecule has 130 valence electrons. The van der Waals surface area contributed by atoms with E-state index in [1.165, 1.54) is 6.42 Å². The molecule has 0 amide bonds. The van der Waals surface area contributed by atoms with Gasteiger partial charge in [0.25, 0.3) is 0 Å². The van der Waals surface area contributed by atoms with E-state index in [-0.39, 0.29) is 6.61 Å². The Kier molecular flexibility index (Phi) is 9.48.